The van der Waals surface area contributed by atoms with Crippen LogP contribution in [0.2, 0.25) is 0 Å². The number of nitrogens with one attached hydrogen (secondary N) is 2. The number of carbonyl (C=O) groups is 2. The molecule has 7 nitrogen and oxygen atoms in total. The van der Waals surface area contributed by atoms with E-state index in [2.05, 4.69) is 10.6 Å². The molecule has 1 unspecified atom stereocenters. The van der Waals surface area contributed by atoms with Crippen LogP contribution >= 0.6 is 0 Å². The van der Waals surface area contributed by atoms with Gasteiger partial charge in [0.15, 0.2) is 0 Å². The molecule has 1 saturated heterocycles. The summed E-state index contributed by atoms with van der Waals surface area (Å²) in [4.78, 5) is 32.4. The third-order valence-corrected chi connectivity index (χ3v) is 2.66. The second-order valence-corrected chi connectivity index (χ2v) is 3.95. The van der Waals surface area contributed by atoms with Gasteiger partial charge in [-0.1, -0.05) is 0 Å². The lowest BCUT2D eigenvalue weighted by Crippen LogP contribution is -2.47. The van der Waals surface area contributed by atoms with Gasteiger partial charge < -0.3 is 5.32 Å². The van der Waals surface area contributed by atoms with Gasteiger partial charge in [0.05, 0.1) is 4.92 Å². The smallest absolute Gasteiger partial charge is 0.269 e. The van der Waals surface area contributed by atoms with Crippen LogP contribution in [0, 0.1) is 10.1 Å². The molecule has 1 atom stereocenters. The van der Waals surface area contributed by atoms with Crippen LogP contribution in [-0.4, -0.2) is 22.8 Å². The van der Waals surface area contributed by atoms with Gasteiger partial charge in [-0.2, -0.15) is 0 Å². The molecule has 2 N–H and O–H groups in total. The zero-order valence-corrected chi connectivity index (χ0v) is 9.38. The van der Waals surface area contributed by atoms with Crippen molar-refractivity contribution in [3.63, 3.8) is 0 Å². The second-order valence-electron chi connectivity index (χ2n) is 3.95. The van der Waals surface area contributed by atoms with Crippen molar-refractivity contribution in [2.45, 2.75) is 18.9 Å². The lowest BCUT2D eigenvalue weighted by atomic mass is 10.1. The molecule has 1 aliphatic rings. The van der Waals surface area contributed by atoms with Crippen molar-refractivity contribution < 1.29 is 14.5 Å². The zero-order valence-electron chi connectivity index (χ0n) is 9.38. The third-order valence-electron chi connectivity index (χ3n) is 2.66. The molecule has 94 valence electrons. The first-order valence-electron chi connectivity index (χ1n) is 5.41. The van der Waals surface area contributed by atoms with Crippen LogP contribution in [0.1, 0.15) is 12.8 Å². The fourth-order valence-corrected chi connectivity index (χ4v) is 1.71. The Morgan fingerprint density at radius 1 is 1.28 bits per heavy atom. The number of carbonyl (C=O) groups excluding carboxylic acids is 2. The lowest BCUT2D eigenvalue weighted by molar-refractivity contribution is -0.384. The molecule has 0 spiro atoms. The summed E-state index contributed by atoms with van der Waals surface area (Å²) in [5.41, 5.74) is 0.596. The number of non-ortho nitro benzene ring substituents is 1. The number of hydrogen-bond donors (Lipinski definition) is 2. The van der Waals surface area contributed by atoms with E-state index >= 15 is 0 Å². The SMILES string of the molecule is O=C1CCC(Nc2ccc([N+](=O)[O-])cc2)C(=O)N1. The van der Waals surface area contributed by atoms with E-state index in [1.807, 2.05) is 0 Å². The van der Waals surface area contributed by atoms with E-state index < -0.39 is 11.0 Å². The normalized spacial score (nSPS) is 19.2. The van der Waals surface area contributed by atoms with Crippen LogP contribution in [0.5, 0.6) is 0 Å². The van der Waals surface area contributed by atoms with Gasteiger partial charge >= 0.3 is 0 Å². The molecule has 0 aliphatic carbocycles. The highest BCUT2D eigenvalue weighted by molar-refractivity contribution is 6.01. The molecule has 1 heterocycles. The number of anilines is 1. The Bertz CT molecular complexity index is 498. The van der Waals surface area contributed by atoms with Gasteiger partial charge in [-0.25, -0.2) is 0 Å². The zero-order chi connectivity index (χ0) is 13.1. The maximum atomic E-state index is 11.5. The molecule has 2 rings (SSSR count). The van der Waals surface area contributed by atoms with Gasteiger partial charge in [-0.05, 0) is 18.6 Å². The van der Waals surface area contributed by atoms with Gasteiger partial charge in [0.1, 0.15) is 6.04 Å². The predicted molar refractivity (Wildman–Crippen MR) is 62.9 cm³/mol. The molecule has 1 fully saturated rings. The van der Waals surface area contributed by atoms with Gasteiger partial charge in [0, 0.05) is 24.2 Å². The number of nitro groups is 1. The van der Waals surface area contributed by atoms with E-state index in [0.29, 0.717) is 12.1 Å². The molecule has 1 aliphatic heterocycles. The van der Waals surface area contributed by atoms with Crippen LogP contribution in [-0.2, 0) is 9.59 Å². The van der Waals surface area contributed by atoms with Crippen molar-refractivity contribution in [2.75, 3.05) is 5.32 Å². The molecule has 1 aromatic rings. The van der Waals surface area contributed by atoms with Crippen LogP contribution in [0.4, 0.5) is 11.4 Å². The Balaban J connectivity index is 2.03. The van der Waals surface area contributed by atoms with Crippen molar-refractivity contribution in [3.8, 4) is 0 Å². The predicted octanol–water partition coefficient (Wildman–Crippen LogP) is 0.812. The van der Waals surface area contributed by atoms with Crippen molar-refractivity contribution in [3.05, 3.63) is 34.4 Å². The topological polar surface area (TPSA) is 101 Å². The molecule has 18 heavy (non-hydrogen) atoms. The molecular formula is C11H11N3O4. The number of rotatable bonds is 3. The minimum absolute atomic E-state index is 0.0103. The highest BCUT2D eigenvalue weighted by Crippen LogP contribution is 2.18. The largest absolute Gasteiger partial charge is 0.374 e. The number of piperidine rings is 1. The highest BCUT2D eigenvalue weighted by atomic mass is 16.6. The summed E-state index contributed by atoms with van der Waals surface area (Å²) in [6.07, 6.45) is 0.706. The average Bonchev–Trinajstić information content (AvgIpc) is 2.33. The molecule has 0 radical (unpaired) electrons. The van der Waals surface area contributed by atoms with E-state index in [1.54, 1.807) is 0 Å². The highest BCUT2D eigenvalue weighted by Gasteiger charge is 2.26. The molecule has 2 amide bonds. The summed E-state index contributed by atoms with van der Waals surface area (Å²) in [6, 6.07) is 5.29. The van der Waals surface area contributed by atoms with Crippen molar-refractivity contribution in [1.29, 1.82) is 0 Å². The first-order chi connectivity index (χ1) is 8.56. The fraction of sp³-hybridized carbons (Fsp3) is 0.273. The summed E-state index contributed by atoms with van der Waals surface area (Å²) in [5, 5.41) is 15.6. The average molecular weight is 249 g/mol. The number of benzene rings is 1. The van der Waals surface area contributed by atoms with Gasteiger partial charge in [0.2, 0.25) is 11.8 Å². The summed E-state index contributed by atoms with van der Waals surface area (Å²) in [6.45, 7) is 0. The first-order valence-corrected chi connectivity index (χ1v) is 5.41. The first kappa shape index (κ1) is 12.0. The molecule has 0 aromatic heterocycles. The Hall–Kier alpha value is -2.44. The monoisotopic (exact) mass is 249 g/mol. The number of nitrogens with zero attached hydrogens (tertiary/aromatic N) is 1. The van der Waals surface area contributed by atoms with Gasteiger partial charge in [-0.3, -0.25) is 25.0 Å². The standard InChI is InChI=1S/C11H11N3O4/c15-10-6-5-9(11(16)13-10)12-7-1-3-8(4-2-7)14(17)18/h1-4,9,12H,5-6H2,(H,13,15,16). The van der Waals surface area contributed by atoms with E-state index in [9.17, 15) is 19.7 Å². The fourth-order valence-electron chi connectivity index (χ4n) is 1.71. The summed E-state index contributed by atoms with van der Waals surface area (Å²) in [7, 11) is 0. The minimum Gasteiger partial charge on any atom is -0.374 e. The number of imide groups is 1. The molecule has 1 aromatic carbocycles. The van der Waals surface area contributed by atoms with E-state index in [4.69, 9.17) is 0 Å². The van der Waals surface area contributed by atoms with Crippen LogP contribution in [0.3, 0.4) is 0 Å². The quantitative estimate of drug-likeness (QED) is 0.469. The molecule has 0 bridgehead atoms. The van der Waals surface area contributed by atoms with Crippen LogP contribution in [0.25, 0.3) is 0 Å². The van der Waals surface area contributed by atoms with E-state index in [-0.39, 0.29) is 23.9 Å². The van der Waals surface area contributed by atoms with E-state index in [1.165, 1.54) is 24.3 Å². The lowest BCUT2D eigenvalue weighted by Gasteiger charge is -2.22. The number of amides is 2. The number of nitro benzene ring substituents is 1. The maximum absolute atomic E-state index is 11.5. The maximum Gasteiger partial charge on any atom is 0.269 e. The molecule has 7 heteroatoms. The third kappa shape index (κ3) is 2.62. The summed E-state index contributed by atoms with van der Waals surface area (Å²) in [5.74, 6) is -0.647. The molecular weight excluding hydrogens is 238 g/mol. The minimum atomic E-state index is -0.490. The van der Waals surface area contributed by atoms with Crippen molar-refractivity contribution in [1.82, 2.24) is 5.32 Å². The van der Waals surface area contributed by atoms with Crippen LogP contribution in [0.15, 0.2) is 24.3 Å². The Kier molecular flexibility index (Phi) is 3.22. The van der Waals surface area contributed by atoms with Crippen LogP contribution < -0.4 is 10.6 Å². The second kappa shape index (κ2) is 4.82. The Morgan fingerprint density at radius 3 is 2.50 bits per heavy atom. The Labute approximate surface area is 102 Å². The Morgan fingerprint density at radius 2 is 1.94 bits per heavy atom. The summed E-state index contributed by atoms with van der Waals surface area (Å²) >= 11 is 0. The molecule has 0 saturated carbocycles. The summed E-state index contributed by atoms with van der Waals surface area (Å²) < 4.78 is 0. The van der Waals surface area contributed by atoms with Gasteiger partial charge in [-0.15, -0.1) is 0 Å². The number of hydrogen-bond acceptors (Lipinski definition) is 5. The van der Waals surface area contributed by atoms with Gasteiger partial charge in [0.25, 0.3) is 5.69 Å². The van der Waals surface area contributed by atoms with Crippen molar-refractivity contribution >= 4 is 23.2 Å². The van der Waals surface area contributed by atoms with E-state index in [0.717, 1.165) is 0 Å². The van der Waals surface area contributed by atoms with Crippen molar-refractivity contribution in [2.24, 2.45) is 0 Å².